The number of nitrogens with one attached hydrogen (secondary N) is 1. The second-order valence-corrected chi connectivity index (χ2v) is 10.3. The first kappa shape index (κ1) is 23.0. The summed E-state index contributed by atoms with van der Waals surface area (Å²) in [5.41, 5.74) is 0.335. The third-order valence-corrected chi connectivity index (χ3v) is 6.76. The van der Waals surface area contributed by atoms with Crippen LogP contribution >= 0.6 is 15.9 Å². The number of carbonyl (C=O) groups is 2. The molecular formula is C20H21BrFNO5S. The van der Waals surface area contributed by atoms with E-state index < -0.39 is 27.3 Å². The average Bonchev–Trinajstić information content (AvgIpc) is 2.58. The van der Waals surface area contributed by atoms with Gasteiger partial charge in [-0.2, -0.15) is 0 Å². The maximum Gasteiger partial charge on any atom is 0.405 e. The van der Waals surface area contributed by atoms with Crippen LogP contribution < -0.4 is 5.32 Å². The standard InChI is InChI=1S/C20H21BrFNO5S/c1-20(2,23-19(25)26)12-29(27,28)10-9-13-3-8-16(17(21)11-13)18(24)14-4-6-15(22)7-5-14/h3-8,11,23H,9-10,12H2,1-2H3,(H,25,26). The van der Waals surface area contributed by atoms with E-state index in [0.29, 0.717) is 21.2 Å². The van der Waals surface area contributed by atoms with Crippen LogP contribution in [0.2, 0.25) is 0 Å². The fraction of sp³-hybridized carbons (Fsp3) is 0.300. The molecule has 0 spiro atoms. The minimum absolute atomic E-state index is 0.157. The summed E-state index contributed by atoms with van der Waals surface area (Å²) in [6.07, 6.45) is -1.06. The highest BCUT2D eigenvalue weighted by Crippen LogP contribution is 2.23. The van der Waals surface area contributed by atoms with E-state index in [-0.39, 0.29) is 23.7 Å². The SMILES string of the molecule is CC(C)(CS(=O)(=O)CCc1ccc(C(=O)c2ccc(F)cc2)c(Br)c1)NC(=O)O. The first-order valence-corrected chi connectivity index (χ1v) is 11.3. The van der Waals surface area contributed by atoms with Gasteiger partial charge in [-0.3, -0.25) is 4.79 Å². The van der Waals surface area contributed by atoms with Crippen molar-refractivity contribution in [2.45, 2.75) is 25.8 Å². The van der Waals surface area contributed by atoms with Crippen molar-refractivity contribution < 1.29 is 27.5 Å². The normalized spacial score (nSPS) is 11.9. The lowest BCUT2D eigenvalue weighted by Gasteiger charge is -2.24. The van der Waals surface area contributed by atoms with Crippen LogP contribution in [0, 0.1) is 5.82 Å². The fourth-order valence-electron chi connectivity index (χ4n) is 2.88. The van der Waals surface area contributed by atoms with E-state index in [9.17, 15) is 22.4 Å². The molecule has 0 fully saturated rings. The van der Waals surface area contributed by atoms with Gasteiger partial charge in [0, 0.05) is 15.6 Å². The number of carboxylic acid groups (broad SMARTS) is 1. The predicted octanol–water partition coefficient (Wildman–Crippen LogP) is 3.82. The Labute approximate surface area is 177 Å². The Morgan fingerprint density at radius 3 is 2.31 bits per heavy atom. The van der Waals surface area contributed by atoms with Gasteiger partial charge in [-0.15, -0.1) is 0 Å². The number of carbonyl (C=O) groups excluding carboxylic acids is 1. The summed E-state index contributed by atoms with van der Waals surface area (Å²) < 4.78 is 38.2. The van der Waals surface area contributed by atoms with E-state index in [1.165, 1.54) is 38.1 Å². The molecule has 0 aliphatic carbocycles. The van der Waals surface area contributed by atoms with E-state index in [1.54, 1.807) is 18.2 Å². The highest BCUT2D eigenvalue weighted by molar-refractivity contribution is 9.10. The molecule has 0 aliphatic rings. The van der Waals surface area contributed by atoms with Crippen LogP contribution in [0.1, 0.15) is 35.3 Å². The smallest absolute Gasteiger partial charge is 0.405 e. The summed E-state index contributed by atoms with van der Waals surface area (Å²) in [6, 6.07) is 10.1. The summed E-state index contributed by atoms with van der Waals surface area (Å²) in [5, 5.41) is 11.0. The van der Waals surface area contributed by atoms with Crippen LogP contribution in [0.15, 0.2) is 46.9 Å². The molecule has 1 amide bonds. The summed E-state index contributed by atoms with van der Waals surface area (Å²) in [5.74, 6) is -1.19. The summed E-state index contributed by atoms with van der Waals surface area (Å²) in [6.45, 7) is 3.01. The minimum atomic E-state index is -3.51. The molecule has 0 aromatic heterocycles. The minimum Gasteiger partial charge on any atom is -0.465 e. The highest BCUT2D eigenvalue weighted by Gasteiger charge is 2.27. The molecule has 0 radical (unpaired) electrons. The lowest BCUT2D eigenvalue weighted by Crippen LogP contribution is -2.48. The molecule has 9 heteroatoms. The molecule has 2 N–H and O–H groups in total. The fourth-order valence-corrected chi connectivity index (χ4v) is 5.34. The zero-order valence-electron chi connectivity index (χ0n) is 15.9. The van der Waals surface area contributed by atoms with Crippen molar-refractivity contribution in [3.05, 3.63) is 69.4 Å². The number of aryl methyl sites for hydroxylation is 1. The number of rotatable bonds is 8. The molecule has 2 aromatic carbocycles. The van der Waals surface area contributed by atoms with Crippen molar-refractivity contribution in [1.82, 2.24) is 5.32 Å². The van der Waals surface area contributed by atoms with Crippen LogP contribution in [0.25, 0.3) is 0 Å². The molecule has 0 heterocycles. The van der Waals surface area contributed by atoms with Crippen LogP contribution in [-0.4, -0.2) is 42.4 Å². The van der Waals surface area contributed by atoms with Crippen LogP contribution in [0.5, 0.6) is 0 Å². The topological polar surface area (TPSA) is 101 Å². The lowest BCUT2D eigenvalue weighted by atomic mass is 10.0. The molecule has 2 rings (SSSR count). The van der Waals surface area contributed by atoms with Gasteiger partial charge in [0.2, 0.25) is 0 Å². The molecular weight excluding hydrogens is 465 g/mol. The summed E-state index contributed by atoms with van der Waals surface area (Å²) in [4.78, 5) is 23.3. The number of halogens is 2. The van der Waals surface area contributed by atoms with Gasteiger partial charge in [0.05, 0.1) is 17.0 Å². The maximum atomic E-state index is 13.0. The van der Waals surface area contributed by atoms with E-state index >= 15 is 0 Å². The van der Waals surface area contributed by atoms with Gasteiger partial charge in [-0.25, -0.2) is 17.6 Å². The third-order valence-electron chi connectivity index (χ3n) is 4.11. The van der Waals surface area contributed by atoms with Gasteiger partial charge in [-0.05, 0) is 62.2 Å². The molecule has 0 bridgehead atoms. The third kappa shape index (κ3) is 6.93. The molecule has 0 atom stereocenters. The second kappa shape index (κ2) is 9.04. The van der Waals surface area contributed by atoms with Gasteiger partial charge in [0.15, 0.2) is 15.6 Å². The summed E-state index contributed by atoms with van der Waals surface area (Å²) in [7, 11) is -3.51. The molecule has 156 valence electrons. The Hall–Kier alpha value is -2.26. The summed E-state index contributed by atoms with van der Waals surface area (Å²) >= 11 is 3.34. The van der Waals surface area contributed by atoms with Crippen molar-refractivity contribution in [3.63, 3.8) is 0 Å². The first-order valence-electron chi connectivity index (χ1n) is 8.69. The zero-order valence-corrected chi connectivity index (χ0v) is 18.3. The number of benzene rings is 2. The van der Waals surface area contributed by atoms with Crippen molar-refractivity contribution in [2.24, 2.45) is 0 Å². The van der Waals surface area contributed by atoms with Crippen molar-refractivity contribution >= 4 is 37.6 Å². The van der Waals surface area contributed by atoms with Crippen molar-refractivity contribution in [1.29, 1.82) is 0 Å². The molecule has 0 aliphatic heterocycles. The Morgan fingerprint density at radius 1 is 1.14 bits per heavy atom. The van der Waals surface area contributed by atoms with Gasteiger partial charge < -0.3 is 10.4 Å². The largest absolute Gasteiger partial charge is 0.465 e. The number of ketones is 1. The Kier molecular flexibility index (Phi) is 7.18. The zero-order chi connectivity index (χ0) is 21.8. The number of hydrogen-bond acceptors (Lipinski definition) is 4. The molecule has 0 saturated carbocycles. The monoisotopic (exact) mass is 485 g/mol. The van der Waals surface area contributed by atoms with Crippen LogP contribution in [0.3, 0.4) is 0 Å². The average molecular weight is 486 g/mol. The van der Waals surface area contributed by atoms with E-state index in [2.05, 4.69) is 21.2 Å². The molecule has 2 aromatic rings. The van der Waals surface area contributed by atoms with E-state index in [4.69, 9.17) is 5.11 Å². The molecule has 0 unspecified atom stereocenters. The second-order valence-electron chi connectivity index (χ2n) is 7.31. The number of hydrogen-bond donors (Lipinski definition) is 2. The van der Waals surface area contributed by atoms with Crippen LogP contribution in [-0.2, 0) is 16.3 Å². The van der Waals surface area contributed by atoms with Gasteiger partial charge >= 0.3 is 6.09 Å². The van der Waals surface area contributed by atoms with Gasteiger partial charge in [0.1, 0.15) is 5.82 Å². The van der Waals surface area contributed by atoms with Crippen molar-refractivity contribution in [2.75, 3.05) is 11.5 Å². The van der Waals surface area contributed by atoms with Crippen LogP contribution in [0.4, 0.5) is 9.18 Å². The van der Waals surface area contributed by atoms with E-state index in [1.807, 2.05) is 0 Å². The molecule has 0 saturated heterocycles. The molecule has 29 heavy (non-hydrogen) atoms. The first-order chi connectivity index (χ1) is 13.4. The van der Waals surface area contributed by atoms with Gasteiger partial charge in [0.25, 0.3) is 0 Å². The predicted molar refractivity (Wildman–Crippen MR) is 112 cm³/mol. The number of sulfone groups is 1. The van der Waals surface area contributed by atoms with Crippen molar-refractivity contribution in [3.8, 4) is 0 Å². The Bertz CT molecular complexity index is 1020. The van der Waals surface area contributed by atoms with E-state index in [0.717, 1.165) is 0 Å². The Balaban J connectivity index is 2.08. The molecule has 6 nitrogen and oxygen atoms in total. The van der Waals surface area contributed by atoms with Gasteiger partial charge in [-0.1, -0.05) is 22.0 Å². The maximum absolute atomic E-state index is 13.0. The lowest BCUT2D eigenvalue weighted by molar-refractivity contribution is 0.103. The number of amides is 1. The Morgan fingerprint density at radius 2 is 1.76 bits per heavy atom. The highest BCUT2D eigenvalue weighted by atomic mass is 79.9. The quantitative estimate of drug-likeness (QED) is 0.553.